The number of ether oxygens (including phenoxy) is 1. The molecule has 0 atom stereocenters. The smallest absolute Gasteiger partial charge is 0.246 e. The van der Waals surface area contributed by atoms with Crippen LogP contribution in [0.2, 0.25) is 0 Å². The van der Waals surface area contributed by atoms with E-state index in [1.807, 2.05) is 24.5 Å². The quantitative estimate of drug-likeness (QED) is 0.473. The molecule has 0 aliphatic carbocycles. The number of carbonyl (C=O) groups excluding carboxylic acids is 1. The standard InChI is InChI=1S/C20H22N4O4S3/c1-28-14-7-9-16(10-8-14)31(26,27)18-19(21)24(23-20(18)30-3)12-17(25)22-13-5-4-6-15(11-13)29-2/h4-11H,12,21H2,1-3H3,(H,22,25). The second kappa shape index (κ2) is 9.67. The average Bonchev–Trinajstić information content (AvgIpc) is 3.09. The number of benzene rings is 2. The zero-order valence-electron chi connectivity index (χ0n) is 17.2. The summed E-state index contributed by atoms with van der Waals surface area (Å²) >= 11 is 2.71. The Morgan fingerprint density at radius 1 is 1.16 bits per heavy atom. The molecule has 3 rings (SSSR count). The average molecular weight is 479 g/mol. The molecule has 1 amide bonds. The van der Waals surface area contributed by atoms with Crippen LogP contribution < -0.4 is 15.8 Å². The molecule has 3 aromatic rings. The van der Waals surface area contributed by atoms with Crippen molar-refractivity contribution in [2.24, 2.45) is 0 Å². The Morgan fingerprint density at radius 2 is 1.87 bits per heavy atom. The van der Waals surface area contributed by atoms with E-state index >= 15 is 0 Å². The number of nitrogens with zero attached hydrogens (tertiary/aromatic N) is 2. The summed E-state index contributed by atoms with van der Waals surface area (Å²) < 4.78 is 32.7. The molecule has 0 bridgehead atoms. The lowest BCUT2D eigenvalue weighted by atomic mass is 10.3. The van der Waals surface area contributed by atoms with Gasteiger partial charge in [0, 0.05) is 10.6 Å². The van der Waals surface area contributed by atoms with E-state index in [1.54, 1.807) is 36.2 Å². The SMILES string of the molecule is COc1ccc(S(=O)(=O)c2c(SC)nn(CC(=O)Nc3cccc(SC)c3)c2N)cc1. The molecule has 0 spiro atoms. The maximum Gasteiger partial charge on any atom is 0.246 e. The van der Waals surface area contributed by atoms with Crippen LogP contribution in [0.15, 0.2) is 68.2 Å². The van der Waals surface area contributed by atoms with Gasteiger partial charge < -0.3 is 15.8 Å². The molecule has 8 nitrogen and oxygen atoms in total. The molecule has 0 fully saturated rings. The molecule has 1 aromatic heterocycles. The number of hydrogen-bond acceptors (Lipinski definition) is 8. The Labute approximate surface area is 189 Å². The van der Waals surface area contributed by atoms with Crippen LogP contribution in [-0.2, 0) is 21.2 Å². The first-order chi connectivity index (χ1) is 14.8. The van der Waals surface area contributed by atoms with Gasteiger partial charge in [0.05, 0.1) is 12.0 Å². The number of amides is 1. The number of aromatic nitrogens is 2. The predicted octanol–water partition coefficient (Wildman–Crippen LogP) is 3.39. The molecule has 164 valence electrons. The van der Waals surface area contributed by atoms with Crippen molar-refractivity contribution in [1.29, 1.82) is 0 Å². The zero-order valence-corrected chi connectivity index (χ0v) is 19.6. The third-order valence-corrected chi connectivity index (χ3v) is 7.75. The van der Waals surface area contributed by atoms with Crippen molar-refractivity contribution in [3.8, 4) is 5.75 Å². The molecule has 2 aromatic carbocycles. The summed E-state index contributed by atoms with van der Waals surface area (Å²) in [4.78, 5) is 13.5. The molecule has 0 saturated heterocycles. The Balaban J connectivity index is 1.89. The summed E-state index contributed by atoms with van der Waals surface area (Å²) in [6.45, 7) is -0.221. The highest BCUT2D eigenvalue weighted by Gasteiger charge is 2.29. The number of anilines is 2. The molecule has 0 aliphatic rings. The van der Waals surface area contributed by atoms with E-state index in [9.17, 15) is 13.2 Å². The fraction of sp³-hybridized carbons (Fsp3) is 0.200. The Morgan fingerprint density at radius 3 is 2.48 bits per heavy atom. The highest BCUT2D eigenvalue weighted by molar-refractivity contribution is 7.99. The van der Waals surface area contributed by atoms with E-state index in [1.165, 1.54) is 23.9 Å². The second-order valence-corrected chi connectivity index (χ2v) is 9.90. The van der Waals surface area contributed by atoms with Gasteiger partial charge >= 0.3 is 0 Å². The van der Waals surface area contributed by atoms with Crippen LogP contribution in [0.25, 0.3) is 0 Å². The van der Waals surface area contributed by atoms with Crippen molar-refractivity contribution in [2.75, 3.05) is 30.7 Å². The number of carbonyl (C=O) groups is 1. The number of thioether (sulfide) groups is 2. The van der Waals surface area contributed by atoms with Crippen molar-refractivity contribution in [2.45, 2.75) is 26.3 Å². The van der Waals surface area contributed by atoms with Crippen LogP contribution in [0.5, 0.6) is 5.75 Å². The zero-order chi connectivity index (χ0) is 22.6. The summed E-state index contributed by atoms with van der Waals surface area (Å²) in [5.41, 5.74) is 6.78. The van der Waals surface area contributed by atoms with Crippen LogP contribution in [0.1, 0.15) is 0 Å². The topological polar surface area (TPSA) is 116 Å². The Bertz CT molecular complexity index is 1190. The van der Waals surface area contributed by atoms with E-state index in [0.29, 0.717) is 11.4 Å². The molecule has 0 radical (unpaired) electrons. The van der Waals surface area contributed by atoms with Crippen molar-refractivity contribution in [3.05, 3.63) is 48.5 Å². The molecular formula is C20H22N4O4S3. The maximum atomic E-state index is 13.2. The van der Waals surface area contributed by atoms with E-state index in [4.69, 9.17) is 10.5 Å². The van der Waals surface area contributed by atoms with Crippen LogP contribution in [-0.4, -0.2) is 43.7 Å². The monoisotopic (exact) mass is 478 g/mol. The minimum absolute atomic E-state index is 0.0631. The van der Waals surface area contributed by atoms with Gasteiger partial charge in [-0.05, 0) is 55.0 Å². The third-order valence-electron chi connectivity index (χ3n) is 4.40. The maximum absolute atomic E-state index is 13.2. The minimum Gasteiger partial charge on any atom is -0.497 e. The highest BCUT2D eigenvalue weighted by Crippen LogP contribution is 2.34. The fourth-order valence-electron chi connectivity index (χ4n) is 2.85. The molecule has 31 heavy (non-hydrogen) atoms. The van der Waals surface area contributed by atoms with Crippen LogP contribution in [0.3, 0.4) is 0 Å². The van der Waals surface area contributed by atoms with E-state index < -0.39 is 9.84 Å². The molecule has 1 heterocycles. The first kappa shape index (κ1) is 23.0. The summed E-state index contributed by atoms with van der Waals surface area (Å²) in [5.74, 6) is 0.0802. The Kier molecular flexibility index (Phi) is 7.19. The molecule has 0 saturated carbocycles. The van der Waals surface area contributed by atoms with Crippen LogP contribution in [0.4, 0.5) is 11.5 Å². The number of rotatable bonds is 8. The molecule has 3 N–H and O–H groups in total. The normalized spacial score (nSPS) is 11.3. The molecule has 0 aliphatic heterocycles. The first-order valence-corrected chi connectivity index (χ1v) is 13.0. The number of nitrogens with two attached hydrogens (primary N) is 1. The number of sulfone groups is 1. The number of nitrogen functional groups attached to an aromatic ring is 1. The number of nitrogens with one attached hydrogen (secondary N) is 1. The first-order valence-electron chi connectivity index (χ1n) is 9.03. The second-order valence-electron chi connectivity index (χ2n) is 6.34. The van der Waals surface area contributed by atoms with Gasteiger partial charge in [-0.15, -0.1) is 23.5 Å². The predicted molar refractivity (Wildman–Crippen MR) is 124 cm³/mol. The van der Waals surface area contributed by atoms with Gasteiger partial charge in [0.15, 0.2) is 0 Å². The fourth-order valence-corrected chi connectivity index (χ4v) is 5.74. The van der Waals surface area contributed by atoms with Gasteiger partial charge in [-0.2, -0.15) is 5.10 Å². The van der Waals surface area contributed by atoms with E-state index in [2.05, 4.69) is 10.4 Å². The van der Waals surface area contributed by atoms with Gasteiger partial charge in [-0.1, -0.05) is 6.07 Å². The highest BCUT2D eigenvalue weighted by atomic mass is 32.2. The van der Waals surface area contributed by atoms with Gasteiger partial charge in [-0.25, -0.2) is 13.1 Å². The van der Waals surface area contributed by atoms with Gasteiger partial charge in [-0.3, -0.25) is 4.79 Å². The Hall–Kier alpha value is -2.63. The van der Waals surface area contributed by atoms with Crippen LogP contribution in [0, 0.1) is 0 Å². The van der Waals surface area contributed by atoms with Crippen molar-refractivity contribution in [1.82, 2.24) is 9.78 Å². The number of methoxy groups -OCH3 is 1. The lowest BCUT2D eigenvalue weighted by Crippen LogP contribution is -2.21. The summed E-state index contributed by atoms with van der Waals surface area (Å²) in [7, 11) is -2.44. The minimum atomic E-state index is -3.94. The van der Waals surface area contributed by atoms with Gasteiger partial charge in [0.2, 0.25) is 15.7 Å². The lowest BCUT2D eigenvalue weighted by molar-refractivity contribution is -0.116. The summed E-state index contributed by atoms with van der Waals surface area (Å²) in [6, 6.07) is 13.4. The molecular weight excluding hydrogens is 456 g/mol. The number of hydrogen-bond donors (Lipinski definition) is 2. The molecule has 0 unspecified atom stereocenters. The summed E-state index contributed by atoms with van der Waals surface area (Å²) in [6.07, 6.45) is 3.65. The third kappa shape index (κ3) is 5.00. The molecule has 11 heteroatoms. The summed E-state index contributed by atoms with van der Waals surface area (Å²) in [5, 5.41) is 7.27. The largest absolute Gasteiger partial charge is 0.497 e. The van der Waals surface area contributed by atoms with E-state index in [-0.39, 0.29) is 33.1 Å². The van der Waals surface area contributed by atoms with E-state index in [0.717, 1.165) is 16.7 Å². The lowest BCUT2D eigenvalue weighted by Gasteiger charge is -2.09. The van der Waals surface area contributed by atoms with Crippen molar-refractivity contribution in [3.63, 3.8) is 0 Å². The van der Waals surface area contributed by atoms with Crippen molar-refractivity contribution >= 4 is 50.8 Å². The van der Waals surface area contributed by atoms with Crippen LogP contribution >= 0.6 is 23.5 Å². The van der Waals surface area contributed by atoms with Gasteiger partial charge in [0.25, 0.3) is 0 Å². The van der Waals surface area contributed by atoms with Crippen molar-refractivity contribution < 1.29 is 17.9 Å². The van der Waals surface area contributed by atoms with Gasteiger partial charge in [0.1, 0.15) is 28.0 Å².